The maximum absolute atomic E-state index is 11.4. The molecule has 0 spiro atoms. The van der Waals surface area contributed by atoms with E-state index in [1.165, 1.54) is 0 Å². The molecule has 118 valence electrons. The highest BCUT2D eigenvalue weighted by molar-refractivity contribution is 5.81. The lowest BCUT2D eigenvalue weighted by Crippen LogP contribution is -2.40. The van der Waals surface area contributed by atoms with Gasteiger partial charge in [-0.3, -0.25) is 9.79 Å². The molecule has 6 nitrogen and oxygen atoms in total. The van der Waals surface area contributed by atoms with E-state index < -0.39 is 0 Å². The first-order chi connectivity index (χ1) is 9.47. The molecule has 0 heterocycles. The van der Waals surface area contributed by atoms with E-state index in [0.29, 0.717) is 38.0 Å². The maximum Gasteiger partial charge on any atom is 0.223 e. The van der Waals surface area contributed by atoms with Crippen LogP contribution in [0.15, 0.2) is 4.99 Å². The number of guanidine groups is 1. The predicted molar refractivity (Wildman–Crippen MR) is 82.9 cm³/mol. The summed E-state index contributed by atoms with van der Waals surface area (Å²) in [6.45, 7) is 7.10. The van der Waals surface area contributed by atoms with Gasteiger partial charge in [-0.15, -0.1) is 0 Å². The normalized spacial score (nSPS) is 11.6. The molecular formula is C14H30N4O2. The first-order valence-corrected chi connectivity index (χ1v) is 7.19. The second-order valence-corrected chi connectivity index (χ2v) is 5.26. The molecular weight excluding hydrogens is 256 g/mol. The fraction of sp³-hybridized carbons (Fsp3) is 0.857. The molecule has 6 heteroatoms. The van der Waals surface area contributed by atoms with Crippen molar-refractivity contribution >= 4 is 11.9 Å². The van der Waals surface area contributed by atoms with Crippen LogP contribution in [0, 0.1) is 5.92 Å². The Morgan fingerprint density at radius 1 is 1.20 bits per heavy atom. The number of amides is 1. The van der Waals surface area contributed by atoms with Crippen LogP contribution in [0.4, 0.5) is 0 Å². The third-order valence-corrected chi connectivity index (χ3v) is 2.73. The second kappa shape index (κ2) is 11.5. The minimum Gasteiger partial charge on any atom is -0.380 e. The number of aliphatic imine (C=N–C) groups is 1. The Kier molecular flexibility index (Phi) is 10.8. The molecule has 0 bridgehead atoms. The quantitative estimate of drug-likeness (QED) is 0.372. The smallest absolute Gasteiger partial charge is 0.223 e. The first kappa shape index (κ1) is 18.7. The lowest BCUT2D eigenvalue weighted by atomic mass is 10.1. The Morgan fingerprint density at radius 3 is 2.40 bits per heavy atom. The summed E-state index contributed by atoms with van der Waals surface area (Å²) in [5.74, 6) is 1.47. The van der Waals surface area contributed by atoms with Gasteiger partial charge in [-0.1, -0.05) is 13.8 Å². The Morgan fingerprint density at radius 2 is 1.85 bits per heavy atom. The van der Waals surface area contributed by atoms with Crippen LogP contribution in [0.3, 0.4) is 0 Å². The van der Waals surface area contributed by atoms with Crippen molar-refractivity contribution in [3.8, 4) is 0 Å². The zero-order chi connectivity index (χ0) is 15.4. The van der Waals surface area contributed by atoms with E-state index >= 15 is 0 Å². The monoisotopic (exact) mass is 286 g/mol. The van der Waals surface area contributed by atoms with Crippen molar-refractivity contribution in [2.24, 2.45) is 10.9 Å². The number of ether oxygens (including phenoxy) is 1. The van der Waals surface area contributed by atoms with Crippen LogP contribution >= 0.6 is 0 Å². The number of nitrogens with one attached hydrogen (secondary N) is 2. The van der Waals surface area contributed by atoms with Crippen molar-refractivity contribution in [3.05, 3.63) is 0 Å². The van der Waals surface area contributed by atoms with Gasteiger partial charge in [0.2, 0.25) is 5.91 Å². The van der Waals surface area contributed by atoms with Gasteiger partial charge >= 0.3 is 0 Å². The van der Waals surface area contributed by atoms with Crippen molar-refractivity contribution in [2.75, 3.05) is 47.4 Å². The standard InChI is InChI=1S/C14H30N4O2/c1-12(2)7-10-20-11-9-17-14(15-3)16-8-6-13(19)18(4)5/h12H,6-11H2,1-5H3,(H2,15,16,17). The number of hydrogen-bond acceptors (Lipinski definition) is 3. The summed E-state index contributed by atoms with van der Waals surface area (Å²) < 4.78 is 5.51. The summed E-state index contributed by atoms with van der Waals surface area (Å²) in [6, 6.07) is 0. The molecule has 20 heavy (non-hydrogen) atoms. The van der Waals surface area contributed by atoms with Gasteiger partial charge in [-0.2, -0.15) is 0 Å². The minimum absolute atomic E-state index is 0.102. The van der Waals surface area contributed by atoms with Crippen molar-refractivity contribution in [3.63, 3.8) is 0 Å². The molecule has 0 fully saturated rings. The van der Waals surface area contributed by atoms with Crippen LogP contribution in [0.2, 0.25) is 0 Å². The van der Waals surface area contributed by atoms with Gasteiger partial charge in [0.25, 0.3) is 0 Å². The lowest BCUT2D eigenvalue weighted by molar-refractivity contribution is -0.128. The van der Waals surface area contributed by atoms with E-state index in [0.717, 1.165) is 13.0 Å². The van der Waals surface area contributed by atoms with Crippen LogP contribution in [0.1, 0.15) is 26.7 Å². The van der Waals surface area contributed by atoms with Crippen LogP contribution in [0.5, 0.6) is 0 Å². The van der Waals surface area contributed by atoms with Crippen LogP contribution < -0.4 is 10.6 Å². The summed E-state index contributed by atoms with van der Waals surface area (Å²) in [4.78, 5) is 17.1. The van der Waals surface area contributed by atoms with Crippen LogP contribution in [-0.2, 0) is 9.53 Å². The summed E-state index contributed by atoms with van der Waals surface area (Å²) in [6.07, 6.45) is 1.54. The third-order valence-electron chi connectivity index (χ3n) is 2.73. The SMILES string of the molecule is CN=C(NCCOCCC(C)C)NCCC(=O)N(C)C. The average Bonchev–Trinajstić information content (AvgIpc) is 2.39. The summed E-state index contributed by atoms with van der Waals surface area (Å²) in [5.41, 5.74) is 0. The molecule has 0 saturated heterocycles. The molecule has 0 rings (SSSR count). The maximum atomic E-state index is 11.4. The van der Waals surface area contributed by atoms with Crippen molar-refractivity contribution in [1.82, 2.24) is 15.5 Å². The average molecular weight is 286 g/mol. The Labute approximate surface area is 123 Å². The van der Waals surface area contributed by atoms with E-state index in [9.17, 15) is 4.79 Å². The first-order valence-electron chi connectivity index (χ1n) is 7.19. The van der Waals surface area contributed by atoms with E-state index in [1.54, 1.807) is 26.0 Å². The van der Waals surface area contributed by atoms with Crippen molar-refractivity contribution < 1.29 is 9.53 Å². The number of carbonyl (C=O) groups is 1. The highest BCUT2D eigenvalue weighted by Crippen LogP contribution is 1.98. The minimum atomic E-state index is 0.102. The number of carbonyl (C=O) groups excluding carboxylic acids is 1. The van der Waals surface area contributed by atoms with Crippen LogP contribution in [0.25, 0.3) is 0 Å². The Bertz CT molecular complexity index is 291. The van der Waals surface area contributed by atoms with E-state index in [1.807, 2.05) is 0 Å². The lowest BCUT2D eigenvalue weighted by Gasteiger charge is -2.14. The molecule has 0 aliphatic heterocycles. The summed E-state index contributed by atoms with van der Waals surface area (Å²) in [7, 11) is 5.22. The van der Waals surface area contributed by atoms with Gasteiger partial charge in [0, 0.05) is 47.3 Å². The molecule has 0 aromatic carbocycles. The van der Waals surface area contributed by atoms with Gasteiger partial charge in [0.1, 0.15) is 0 Å². The van der Waals surface area contributed by atoms with Gasteiger partial charge < -0.3 is 20.3 Å². The number of rotatable bonds is 9. The van der Waals surface area contributed by atoms with Gasteiger partial charge in [-0.25, -0.2) is 0 Å². The predicted octanol–water partition coefficient (Wildman–Crippen LogP) is 0.692. The van der Waals surface area contributed by atoms with E-state index in [4.69, 9.17) is 4.74 Å². The van der Waals surface area contributed by atoms with Gasteiger partial charge in [0.05, 0.1) is 6.61 Å². The van der Waals surface area contributed by atoms with Crippen molar-refractivity contribution in [2.45, 2.75) is 26.7 Å². The number of nitrogens with zero attached hydrogens (tertiary/aromatic N) is 2. The third kappa shape index (κ3) is 10.6. The molecule has 0 aromatic rings. The zero-order valence-electron chi connectivity index (χ0n) is 13.5. The molecule has 1 amide bonds. The molecule has 0 radical (unpaired) electrons. The topological polar surface area (TPSA) is 66.0 Å². The summed E-state index contributed by atoms with van der Waals surface area (Å²) >= 11 is 0. The van der Waals surface area contributed by atoms with Gasteiger partial charge in [0.15, 0.2) is 5.96 Å². The highest BCUT2D eigenvalue weighted by atomic mass is 16.5. The fourth-order valence-electron chi connectivity index (χ4n) is 1.39. The van der Waals surface area contributed by atoms with E-state index in [-0.39, 0.29) is 5.91 Å². The van der Waals surface area contributed by atoms with Gasteiger partial charge in [-0.05, 0) is 12.3 Å². The second-order valence-electron chi connectivity index (χ2n) is 5.26. The largest absolute Gasteiger partial charge is 0.380 e. The highest BCUT2D eigenvalue weighted by Gasteiger charge is 2.04. The fourth-order valence-corrected chi connectivity index (χ4v) is 1.39. The molecule has 0 aromatic heterocycles. The molecule has 0 unspecified atom stereocenters. The Balaban J connectivity index is 3.60. The molecule has 0 aliphatic rings. The zero-order valence-corrected chi connectivity index (χ0v) is 13.5. The number of hydrogen-bond donors (Lipinski definition) is 2. The van der Waals surface area contributed by atoms with Crippen LogP contribution in [-0.4, -0.2) is 64.2 Å². The molecule has 0 saturated carbocycles. The molecule has 0 atom stereocenters. The molecule has 2 N–H and O–H groups in total. The molecule has 0 aliphatic carbocycles. The van der Waals surface area contributed by atoms with Crippen molar-refractivity contribution in [1.29, 1.82) is 0 Å². The van der Waals surface area contributed by atoms with E-state index in [2.05, 4.69) is 29.5 Å². The summed E-state index contributed by atoms with van der Waals surface area (Å²) in [5, 5.41) is 6.25. The Hall–Kier alpha value is -1.30.